The number of benzene rings is 3. The molecule has 0 aliphatic heterocycles. The Hall–Kier alpha value is -3.26. The van der Waals surface area contributed by atoms with E-state index >= 15 is 0 Å². The Balaban J connectivity index is 1.73. The van der Waals surface area contributed by atoms with Gasteiger partial charge in [0.25, 0.3) is 15.9 Å². The molecule has 0 bridgehead atoms. The molecule has 1 amide bonds. The van der Waals surface area contributed by atoms with E-state index in [1.54, 1.807) is 19.1 Å². The van der Waals surface area contributed by atoms with Crippen molar-refractivity contribution in [1.82, 2.24) is 0 Å². The molecule has 28 heavy (non-hydrogen) atoms. The minimum Gasteiger partial charge on any atom is -0.322 e. The van der Waals surface area contributed by atoms with Gasteiger partial charge in [-0.1, -0.05) is 6.07 Å². The van der Waals surface area contributed by atoms with E-state index in [1.807, 2.05) is 0 Å². The minimum absolute atomic E-state index is 0.0604. The molecule has 2 N–H and O–H groups in total. The van der Waals surface area contributed by atoms with Crippen molar-refractivity contribution >= 4 is 27.3 Å². The molecule has 0 aliphatic carbocycles. The van der Waals surface area contributed by atoms with E-state index in [0.29, 0.717) is 11.3 Å². The summed E-state index contributed by atoms with van der Waals surface area (Å²) >= 11 is 0. The molecule has 3 aromatic carbocycles. The lowest BCUT2D eigenvalue weighted by Gasteiger charge is -2.09. The zero-order valence-corrected chi connectivity index (χ0v) is 15.6. The summed E-state index contributed by atoms with van der Waals surface area (Å²) in [5, 5.41) is 2.55. The van der Waals surface area contributed by atoms with Crippen LogP contribution < -0.4 is 10.0 Å². The van der Waals surface area contributed by atoms with Crippen molar-refractivity contribution in [3.63, 3.8) is 0 Å². The highest BCUT2D eigenvalue weighted by molar-refractivity contribution is 7.92. The Kier molecular flexibility index (Phi) is 5.41. The van der Waals surface area contributed by atoms with E-state index in [0.717, 1.165) is 12.1 Å². The largest absolute Gasteiger partial charge is 0.322 e. The van der Waals surface area contributed by atoms with E-state index in [-0.39, 0.29) is 16.1 Å². The molecule has 0 saturated carbocycles. The van der Waals surface area contributed by atoms with Crippen LogP contribution in [0.5, 0.6) is 0 Å². The van der Waals surface area contributed by atoms with Crippen LogP contribution in [0, 0.1) is 18.6 Å². The molecule has 3 aromatic rings. The van der Waals surface area contributed by atoms with E-state index in [9.17, 15) is 22.0 Å². The summed E-state index contributed by atoms with van der Waals surface area (Å²) in [5.74, 6) is -1.42. The molecule has 3 rings (SSSR count). The van der Waals surface area contributed by atoms with Crippen LogP contribution in [0.25, 0.3) is 0 Å². The van der Waals surface area contributed by atoms with Gasteiger partial charge < -0.3 is 5.32 Å². The van der Waals surface area contributed by atoms with Crippen molar-refractivity contribution in [3.8, 4) is 0 Å². The molecule has 0 fully saturated rings. The normalized spacial score (nSPS) is 11.1. The number of amides is 1. The summed E-state index contributed by atoms with van der Waals surface area (Å²) in [6.45, 7) is 1.61. The van der Waals surface area contributed by atoms with Gasteiger partial charge in [-0.2, -0.15) is 0 Å². The Morgan fingerprint density at radius 2 is 1.46 bits per heavy atom. The van der Waals surface area contributed by atoms with E-state index in [1.165, 1.54) is 42.5 Å². The molecule has 144 valence electrons. The fourth-order valence-electron chi connectivity index (χ4n) is 2.39. The molecular formula is C20H16F2N2O3S. The molecule has 0 saturated heterocycles. The standard InChI is InChI=1S/C20H16F2N2O3S/c1-13-2-7-17(12-19(13)22)23-20(25)14-3-10-18(11-4-14)28(26,27)24-16-8-5-15(21)6-9-16/h2-12,24H,1H3,(H,23,25). The SMILES string of the molecule is Cc1ccc(NC(=O)c2ccc(S(=O)(=O)Nc3ccc(F)cc3)cc2)cc1F. The molecule has 8 heteroatoms. The maximum atomic E-state index is 13.6. The van der Waals surface area contributed by atoms with Gasteiger partial charge in [-0.15, -0.1) is 0 Å². The van der Waals surface area contributed by atoms with Crippen molar-refractivity contribution in [3.05, 3.63) is 89.5 Å². The minimum atomic E-state index is -3.89. The van der Waals surface area contributed by atoms with Crippen molar-refractivity contribution in [2.24, 2.45) is 0 Å². The first kappa shape index (κ1) is 19.5. The summed E-state index contributed by atoms with van der Waals surface area (Å²) in [6.07, 6.45) is 0. The van der Waals surface area contributed by atoms with Crippen LogP contribution in [0.3, 0.4) is 0 Å². The van der Waals surface area contributed by atoms with Crippen molar-refractivity contribution in [2.45, 2.75) is 11.8 Å². The summed E-state index contributed by atoms with van der Waals surface area (Å²) in [4.78, 5) is 12.2. The maximum Gasteiger partial charge on any atom is 0.261 e. The number of anilines is 2. The second kappa shape index (κ2) is 7.77. The van der Waals surface area contributed by atoms with Gasteiger partial charge in [0.05, 0.1) is 4.90 Å². The van der Waals surface area contributed by atoms with Crippen LogP contribution in [0.2, 0.25) is 0 Å². The van der Waals surface area contributed by atoms with Gasteiger partial charge in [-0.3, -0.25) is 9.52 Å². The lowest BCUT2D eigenvalue weighted by molar-refractivity contribution is 0.102. The smallest absolute Gasteiger partial charge is 0.261 e. The number of hydrogen-bond acceptors (Lipinski definition) is 3. The summed E-state index contributed by atoms with van der Waals surface area (Å²) in [5.41, 5.74) is 1.18. The third kappa shape index (κ3) is 4.52. The predicted octanol–water partition coefficient (Wildman–Crippen LogP) is 4.33. The number of halogens is 2. The lowest BCUT2D eigenvalue weighted by atomic mass is 10.2. The van der Waals surface area contributed by atoms with Gasteiger partial charge in [0.1, 0.15) is 11.6 Å². The van der Waals surface area contributed by atoms with E-state index in [2.05, 4.69) is 10.0 Å². The molecule has 0 aliphatic rings. The number of carbonyl (C=O) groups is 1. The highest BCUT2D eigenvalue weighted by Crippen LogP contribution is 2.18. The summed E-state index contributed by atoms with van der Waals surface area (Å²) < 4.78 is 53.6. The topological polar surface area (TPSA) is 75.3 Å². The number of aryl methyl sites for hydroxylation is 1. The Morgan fingerprint density at radius 1 is 0.857 bits per heavy atom. The van der Waals surface area contributed by atoms with Crippen LogP contribution in [0.15, 0.2) is 71.6 Å². The second-order valence-electron chi connectivity index (χ2n) is 6.05. The van der Waals surface area contributed by atoms with Crippen molar-refractivity contribution in [2.75, 3.05) is 10.0 Å². The van der Waals surface area contributed by atoms with Gasteiger partial charge in [-0.05, 0) is 73.2 Å². The van der Waals surface area contributed by atoms with Gasteiger partial charge in [0, 0.05) is 16.9 Å². The number of sulfonamides is 1. The van der Waals surface area contributed by atoms with Crippen LogP contribution in [0.1, 0.15) is 15.9 Å². The van der Waals surface area contributed by atoms with Gasteiger partial charge >= 0.3 is 0 Å². The first-order chi connectivity index (χ1) is 13.2. The lowest BCUT2D eigenvalue weighted by Crippen LogP contribution is -2.15. The molecule has 5 nitrogen and oxygen atoms in total. The maximum absolute atomic E-state index is 13.6. The first-order valence-electron chi connectivity index (χ1n) is 8.20. The average molecular weight is 402 g/mol. The van der Waals surface area contributed by atoms with Crippen LogP contribution in [-0.4, -0.2) is 14.3 Å². The predicted molar refractivity (Wildman–Crippen MR) is 103 cm³/mol. The summed E-state index contributed by atoms with van der Waals surface area (Å²) in [7, 11) is -3.89. The Labute approximate surface area is 161 Å². The number of hydrogen-bond donors (Lipinski definition) is 2. The third-order valence-electron chi connectivity index (χ3n) is 3.95. The summed E-state index contributed by atoms with van der Waals surface area (Å²) in [6, 6.07) is 14.4. The number of carbonyl (C=O) groups excluding carboxylic acids is 1. The van der Waals surface area contributed by atoms with E-state index < -0.39 is 27.6 Å². The van der Waals surface area contributed by atoms with Gasteiger partial charge in [0.2, 0.25) is 0 Å². The van der Waals surface area contributed by atoms with E-state index in [4.69, 9.17) is 0 Å². The molecule has 0 radical (unpaired) electrons. The molecular weight excluding hydrogens is 386 g/mol. The molecule has 0 aromatic heterocycles. The van der Waals surface area contributed by atoms with Crippen LogP contribution in [0.4, 0.5) is 20.2 Å². The number of rotatable bonds is 5. The molecule has 0 unspecified atom stereocenters. The monoisotopic (exact) mass is 402 g/mol. The zero-order valence-electron chi connectivity index (χ0n) is 14.7. The fraction of sp³-hybridized carbons (Fsp3) is 0.0500. The van der Waals surface area contributed by atoms with Crippen molar-refractivity contribution < 1.29 is 22.0 Å². The average Bonchev–Trinajstić information content (AvgIpc) is 2.66. The van der Waals surface area contributed by atoms with Gasteiger partial charge in [0.15, 0.2) is 0 Å². The fourth-order valence-corrected chi connectivity index (χ4v) is 3.45. The zero-order chi connectivity index (χ0) is 20.3. The Morgan fingerprint density at radius 3 is 2.07 bits per heavy atom. The first-order valence-corrected chi connectivity index (χ1v) is 9.69. The highest BCUT2D eigenvalue weighted by Gasteiger charge is 2.15. The molecule has 0 atom stereocenters. The van der Waals surface area contributed by atoms with Gasteiger partial charge in [-0.25, -0.2) is 17.2 Å². The van der Waals surface area contributed by atoms with Crippen molar-refractivity contribution in [1.29, 1.82) is 0 Å². The third-order valence-corrected chi connectivity index (χ3v) is 5.35. The molecule has 0 spiro atoms. The Bertz CT molecular complexity index is 1110. The molecule has 0 heterocycles. The quantitative estimate of drug-likeness (QED) is 0.667. The second-order valence-corrected chi connectivity index (χ2v) is 7.74. The highest BCUT2D eigenvalue weighted by atomic mass is 32.2. The van der Waals surface area contributed by atoms with Crippen LogP contribution in [-0.2, 0) is 10.0 Å². The van der Waals surface area contributed by atoms with Crippen LogP contribution >= 0.6 is 0 Å². The number of nitrogens with one attached hydrogen (secondary N) is 2.